The monoisotopic (exact) mass is 348 g/mol. The van der Waals surface area contributed by atoms with Crippen LogP contribution in [0, 0.1) is 24.7 Å². The molecule has 0 saturated carbocycles. The standard InChI is InChI=1S/C22H24O2Si/c1-7-21(3,4)23-25(24-22(5,6)8-2,19-15-11-9-12-16-19)20-17-13-10-14-18-20/h1-2,9-18H,3-6H3. The van der Waals surface area contributed by atoms with Gasteiger partial charge in [0.25, 0.3) is 0 Å². The van der Waals surface area contributed by atoms with Crippen LogP contribution in [0.5, 0.6) is 0 Å². The molecule has 2 nitrogen and oxygen atoms in total. The summed E-state index contributed by atoms with van der Waals surface area (Å²) in [4.78, 5) is 0. The third kappa shape index (κ3) is 4.41. The van der Waals surface area contributed by atoms with Crippen molar-refractivity contribution in [3.8, 4) is 24.7 Å². The second-order valence-corrected chi connectivity index (χ2v) is 9.66. The Morgan fingerprint density at radius 3 is 1.28 bits per heavy atom. The van der Waals surface area contributed by atoms with Crippen LogP contribution in [-0.2, 0) is 8.85 Å². The second kappa shape index (κ2) is 7.29. The topological polar surface area (TPSA) is 18.5 Å². The van der Waals surface area contributed by atoms with E-state index in [1.165, 1.54) is 0 Å². The number of hydrogen-bond acceptors (Lipinski definition) is 2. The minimum Gasteiger partial charge on any atom is -0.371 e. The molecule has 2 aromatic rings. The van der Waals surface area contributed by atoms with E-state index in [9.17, 15) is 0 Å². The van der Waals surface area contributed by atoms with Gasteiger partial charge >= 0.3 is 8.56 Å². The molecule has 0 aliphatic heterocycles. The Labute approximate surface area is 152 Å². The van der Waals surface area contributed by atoms with E-state index in [-0.39, 0.29) is 0 Å². The first kappa shape index (κ1) is 19.0. The highest BCUT2D eigenvalue weighted by atomic mass is 28.4. The summed E-state index contributed by atoms with van der Waals surface area (Å²) >= 11 is 0. The molecule has 0 aromatic heterocycles. The minimum absolute atomic E-state index is 0.803. The van der Waals surface area contributed by atoms with Crippen LogP contribution in [0.3, 0.4) is 0 Å². The third-order valence-corrected chi connectivity index (χ3v) is 7.58. The maximum Gasteiger partial charge on any atom is 0.409 e. The zero-order valence-corrected chi connectivity index (χ0v) is 16.2. The van der Waals surface area contributed by atoms with E-state index in [0.717, 1.165) is 10.4 Å². The van der Waals surface area contributed by atoms with Crippen molar-refractivity contribution in [2.75, 3.05) is 0 Å². The molecule has 0 fully saturated rings. The van der Waals surface area contributed by atoms with Gasteiger partial charge in [-0.15, -0.1) is 12.8 Å². The van der Waals surface area contributed by atoms with Crippen molar-refractivity contribution >= 4 is 18.9 Å². The van der Waals surface area contributed by atoms with Gasteiger partial charge in [-0.05, 0) is 38.1 Å². The van der Waals surface area contributed by atoms with E-state index in [0.29, 0.717) is 0 Å². The summed E-state index contributed by atoms with van der Waals surface area (Å²) in [5.41, 5.74) is -1.61. The fraction of sp³-hybridized carbons (Fsp3) is 0.273. The Morgan fingerprint density at radius 1 is 0.680 bits per heavy atom. The zero-order valence-electron chi connectivity index (χ0n) is 15.2. The minimum atomic E-state index is -3.15. The van der Waals surface area contributed by atoms with Crippen molar-refractivity contribution in [1.82, 2.24) is 0 Å². The van der Waals surface area contributed by atoms with Crippen LogP contribution in [-0.4, -0.2) is 19.8 Å². The van der Waals surface area contributed by atoms with Gasteiger partial charge in [-0.2, -0.15) is 0 Å². The molecule has 0 unspecified atom stereocenters. The van der Waals surface area contributed by atoms with Gasteiger partial charge in [0.1, 0.15) is 11.2 Å². The largest absolute Gasteiger partial charge is 0.409 e. The fourth-order valence-corrected chi connectivity index (χ4v) is 6.18. The average Bonchev–Trinajstić information content (AvgIpc) is 2.62. The highest BCUT2D eigenvalue weighted by Gasteiger charge is 2.49. The second-order valence-electron chi connectivity index (χ2n) is 6.86. The van der Waals surface area contributed by atoms with E-state index >= 15 is 0 Å². The first-order valence-corrected chi connectivity index (χ1v) is 10.0. The molecule has 0 spiro atoms. The van der Waals surface area contributed by atoms with Crippen LogP contribution in [0.25, 0.3) is 0 Å². The van der Waals surface area contributed by atoms with Gasteiger partial charge in [-0.3, -0.25) is 0 Å². The summed E-state index contributed by atoms with van der Waals surface area (Å²) in [5.74, 6) is 5.44. The number of hydrogen-bond donors (Lipinski definition) is 0. The smallest absolute Gasteiger partial charge is 0.371 e. The van der Waals surface area contributed by atoms with E-state index in [4.69, 9.17) is 21.7 Å². The molecule has 2 rings (SSSR count). The van der Waals surface area contributed by atoms with Crippen molar-refractivity contribution in [2.24, 2.45) is 0 Å². The van der Waals surface area contributed by atoms with Crippen molar-refractivity contribution in [2.45, 2.75) is 38.9 Å². The zero-order chi connectivity index (χ0) is 18.6. The lowest BCUT2D eigenvalue weighted by Crippen LogP contribution is -2.68. The Hall–Kier alpha value is -2.30. The summed E-state index contributed by atoms with van der Waals surface area (Å²) in [6.45, 7) is 7.47. The number of terminal acetylenes is 2. The predicted molar refractivity (Wildman–Crippen MR) is 106 cm³/mol. The molecular formula is C22H24O2Si. The molecule has 0 amide bonds. The average molecular weight is 349 g/mol. The molecule has 2 aromatic carbocycles. The molecule has 0 aliphatic rings. The maximum atomic E-state index is 6.57. The molecule has 0 aliphatic carbocycles. The quantitative estimate of drug-likeness (QED) is 0.590. The first-order chi connectivity index (χ1) is 11.7. The SMILES string of the molecule is C#CC(C)(C)O[Si](OC(C)(C)C#C)(c1ccccc1)c1ccccc1. The van der Waals surface area contributed by atoms with Crippen molar-refractivity contribution in [3.63, 3.8) is 0 Å². The van der Waals surface area contributed by atoms with Crippen molar-refractivity contribution in [3.05, 3.63) is 60.7 Å². The van der Waals surface area contributed by atoms with Gasteiger partial charge in [0.15, 0.2) is 0 Å². The van der Waals surface area contributed by atoms with Crippen molar-refractivity contribution in [1.29, 1.82) is 0 Å². The Bertz CT molecular complexity index is 711. The number of rotatable bonds is 6. The van der Waals surface area contributed by atoms with Crippen molar-refractivity contribution < 1.29 is 8.85 Å². The van der Waals surface area contributed by atoms with E-state index < -0.39 is 19.8 Å². The lowest BCUT2D eigenvalue weighted by Gasteiger charge is -2.40. The van der Waals surface area contributed by atoms with Gasteiger partial charge in [0.05, 0.1) is 0 Å². The fourth-order valence-electron chi connectivity index (χ4n) is 2.52. The normalized spacial score (nSPS) is 12.2. The van der Waals surface area contributed by atoms with Gasteiger partial charge in [-0.1, -0.05) is 72.5 Å². The molecule has 3 heteroatoms. The van der Waals surface area contributed by atoms with Crippen LogP contribution >= 0.6 is 0 Å². The summed E-state index contributed by atoms with van der Waals surface area (Å²) in [6.07, 6.45) is 11.4. The van der Waals surface area contributed by atoms with Crippen LogP contribution in [0.4, 0.5) is 0 Å². The molecule has 25 heavy (non-hydrogen) atoms. The first-order valence-electron chi connectivity index (χ1n) is 8.22. The molecular weight excluding hydrogens is 324 g/mol. The Balaban J connectivity index is 2.74. The van der Waals surface area contributed by atoms with Gasteiger partial charge in [-0.25, -0.2) is 0 Å². The Morgan fingerprint density at radius 2 is 1.00 bits per heavy atom. The molecule has 0 heterocycles. The van der Waals surface area contributed by atoms with E-state index in [1.54, 1.807) is 0 Å². The summed E-state index contributed by atoms with van der Waals surface area (Å²) in [7, 11) is -3.15. The van der Waals surface area contributed by atoms with Crippen LogP contribution in [0.1, 0.15) is 27.7 Å². The molecule has 0 radical (unpaired) electrons. The summed E-state index contributed by atoms with van der Waals surface area (Å²) < 4.78 is 13.1. The Kier molecular flexibility index (Phi) is 5.55. The highest BCUT2D eigenvalue weighted by molar-refractivity contribution is 6.92. The van der Waals surface area contributed by atoms with Gasteiger partial charge in [0, 0.05) is 0 Å². The lowest BCUT2D eigenvalue weighted by atomic mass is 10.2. The van der Waals surface area contributed by atoms with Crippen LogP contribution in [0.2, 0.25) is 0 Å². The van der Waals surface area contributed by atoms with E-state index in [2.05, 4.69) is 11.8 Å². The summed E-state index contributed by atoms with van der Waals surface area (Å²) in [6, 6.07) is 19.9. The van der Waals surface area contributed by atoms with Gasteiger partial charge in [0.2, 0.25) is 0 Å². The lowest BCUT2D eigenvalue weighted by molar-refractivity contribution is 0.0644. The van der Waals surface area contributed by atoms with Gasteiger partial charge < -0.3 is 8.85 Å². The van der Waals surface area contributed by atoms with Crippen LogP contribution in [0.15, 0.2) is 60.7 Å². The molecule has 0 saturated heterocycles. The molecule has 0 atom stereocenters. The van der Waals surface area contributed by atoms with Crippen LogP contribution < -0.4 is 10.4 Å². The molecule has 0 N–H and O–H groups in total. The highest BCUT2D eigenvalue weighted by Crippen LogP contribution is 2.24. The maximum absolute atomic E-state index is 6.57. The predicted octanol–water partition coefficient (Wildman–Crippen LogP) is 3.10. The molecule has 128 valence electrons. The molecule has 0 bridgehead atoms. The van der Waals surface area contributed by atoms with E-state index in [1.807, 2.05) is 88.4 Å². The summed E-state index contributed by atoms with van der Waals surface area (Å²) in [5, 5.41) is 1.93. The third-order valence-electron chi connectivity index (χ3n) is 3.80. The number of benzene rings is 2.